The number of ether oxygens (including phenoxy) is 1. The minimum atomic E-state index is 0.214. The fourth-order valence-corrected chi connectivity index (χ4v) is 1.16. The maximum Gasteiger partial charge on any atom is 0.130 e. The Hall–Kier alpha value is -0.540. The van der Waals surface area contributed by atoms with Crippen molar-refractivity contribution in [2.75, 3.05) is 0 Å². The lowest BCUT2D eigenvalue weighted by atomic mass is 10.2. The summed E-state index contributed by atoms with van der Waals surface area (Å²) in [6.07, 6.45) is 0.214. The van der Waals surface area contributed by atoms with Crippen LogP contribution in [0.25, 0.3) is 0 Å². The van der Waals surface area contributed by atoms with E-state index < -0.39 is 0 Å². The first-order valence-corrected chi connectivity index (χ1v) is 4.98. The standard InChI is InChI=1S/C10H13BrO2/c1-7(2)13-6-8-3-4-9(11)10(12)5-8/h3-5,7,12H,6H2,1-2H3. The van der Waals surface area contributed by atoms with E-state index in [1.54, 1.807) is 6.07 Å². The summed E-state index contributed by atoms with van der Waals surface area (Å²) < 4.78 is 6.11. The summed E-state index contributed by atoms with van der Waals surface area (Å²) in [5.41, 5.74) is 0.981. The number of phenolic OH excluding ortho intramolecular Hbond substituents is 1. The molecular formula is C10H13BrO2. The molecule has 1 aromatic carbocycles. The number of halogens is 1. The molecule has 1 aromatic rings. The Labute approximate surface area is 86.7 Å². The number of benzene rings is 1. The normalized spacial score (nSPS) is 10.8. The molecular weight excluding hydrogens is 232 g/mol. The molecule has 0 amide bonds. The van der Waals surface area contributed by atoms with Gasteiger partial charge in [0.1, 0.15) is 5.75 Å². The van der Waals surface area contributed by atoms with Crippen LogP contribution in [0.2, 0.25) is 0 Å². The molecule has 0 saturated carbocycles. The third-order valence-corrected chi connectivity index (χ3v) is 2.26. The van der Waals surface area contributed by atoms with Crippen LogP contribution in [0, 0.1) is 0 Å². The number of aromatic hydroxyl groups is 1. The van der Waals surface area contributed by atoms with Gasteiger partial charge in [-0.25, -0.2) is 0 Å². The predicted molar refractivity (Wildman–Crippen MR) is 55.7 cm³/mol. The van der Waals surface area contributed by atoms with Crippen LogP contribution in [-0.2, 0) is 11.3 Å². The Morgan fingerprint density at radius 1 is 1.46 bits per heavy atom. The van der Waals surface area contributed by atoms with Crippen molar-refractivity contribution in [3.05, 3.63) is 28.2 Å². The summed E-state index contributed by atoms with van der Waals surface area (Å²) in [7, 11) is 0. The second-order valence-corrected chi connectivity index (χ2v) is 4.00. The lowest BCUT2D eigenvalue weighted by molar-refractivity contribution is 0.0656. The van der Waals surface area contributed by atoms with Gasteiger partial charge in [-0.15, -0.1) is 0 Å². The minimum absolute atomic E-state index is 0.214. The van der Waals surface area contributed by atoms with Crippen LogP contribution in [0.5, 0.6) is 5.75 Å². The van der Waals surface area contributed by atoms with Crippen LogP contribution in [0.4, 0.5) is 0 Å². The van der Waals surface area contributed by atoms with E-state index in [9.17, 15) is 5.11 Å². The third-order valence-electron chi connectivity index (χ3n) is 1.59. The van der Waals surface area contributed by atoms with Crippen LogP contribution >= 0.6 is 15.9 Å². The summed E-state index contributed by atoms with van der Waals surface area (Å²) in [5.74, 6) is 0.254. The second kappa shape index (κ2) is 4.63. The molecule has 0 atom stereocenters. The van der Waals surface area contributed by atoms with Gasteiger partial charge in [-0.1, -0.05) is 6.07 Å². The molecule has 0 aromatic heterocycles. The van der Waals surface area contributed by atoms with Crippen molar-refractivity contribution in [2.45, 2.75) is 26.6 Å². The fraction of sp³-hybridized carbons (Fsp3) is 0.400. The zero-order valence-electron chi connectivity index (χ0n) is 7.75. The van der Waals surface area contributed by atoms with E-state index in [-0.39, 0.29) is 11.9 Å². The van der Waals surface area contributed by atoms with E-state index in [1.165, 1.54) is 0 Å². The Kier molecular flexibility index (Phi) is 3.75. The molecule has 0 fully saturated rings. The molecule has 0 heterocycles. The van der Waals surface area contributed by atoms with Crippen LogP contribution < -0.4 is 0 Å². The van der Waals surface area contributed by atoms with Crippen LogP contribution in [-0.4, -0.2) is 11.2 Å². The van der Waals surface area contributed by atoms with Gasteiger partial charge in [0.05, 0.1) is 17.2 Å². The van der Waals surface area contributed by atoms with Gasteiger partial charge in [0.15, 0.2) is 0 Å². The highest BCUT2D eigenvalue weighted by Gasteiger charge is 2.00. The van der Waals surface area contributed by atoms with Crippen molar-refractivity contribution in [1.29, 1.82) is 0 Å². The van der Waals surface area contributed by atoms with Crippen molar-refractivity contribution in [3.8, 4) is 5.75 Å². The molecule has 0 bridgehead atoms. The molecule has 1 rings (SSSR count). The van der Waals surface area contributed by atoms with Gasteiger partial charge in [0, 0.05) is 0 Å². The van der Waals surface area contributed by atoms with Gasteiger partial charge >= 0.3 is 0 Å². The lowest BCUT2D eigenvalue weighted by Gasteiger charge is -2.07. The Morgan fingerprint density at radius 2 is 2.15 bits per heavy atom. The summed E-state index contributed by atoms with van der Waals surface area (Å²) in [6, 6.07) is 5.44. The maximum atomic E-state index is 9.36. The van der Waals surface area contributed by atoms with E-state index in [1.807, 2.05) is 26.0 Å². The molecule has 0 spiro atoms. The average Bonchev–Trinajstić information content (AvgIpc) is 2.07. The zero-order chi connectivity index (χ0) is 9.84. The van der Waals surface area contributed by atoms with Gasteiger partial charge < -0.3 is 9.84 Å². The monoisotopic (exact) mass is 244 g/mol. The van der Waals surface area contributed by atoms with Gasteiger partial charge in [0.2, 0.25) is 0 Å². The molecule has 0 aliphatic carbocycles. The highest BCUT2D eigenvalue weighted by Crippen LogP contribution is 2.24. The van der Waals surface area contributed by atoms with E-state index in [2.05, 4.69) is 15.9 Å². The highest BCUT2D eigenvalue weighted by molar-refractivity contribution is 9.10. The average molecular weight is 245 g/mol. The summed E-state index contributed by atoms with van der Waals surface area (Å²) in [4.78, 5) is 0. The second-order valence-electron chi connectivity index (χ2n) is 3.15. The quantitative estimate of drug-likeness (QED) is 0.886. The fourth-order valence-electron chi connectivity index (χ4n) is 0.911. The molecule has 0 aliphatic heterocycles. The highest BCUT2D eigenvalue weighted by atomic mass is 79.9. The lowest BCUT2D eigenvalue weighted by Crippen LogP contribution is -2.01. The first kappa shape index (κ1) is 10.5. The predicted octanol–water partition coefficient (Wildman–Crippen LogP) is 3.08. The number of phenols is 1. The molecule has 72 valence electrons. The number of hydrogen-bond donors (Lipinski definition) is 1. The molecule has 0 unspecified atom stereocenters. The van der Waals surface area contributed by atoms with Crippen molar-refractivity contribution in [1.82, 2.24) is 0 Å². The topological polar surface area (TPSA) is 29.5 Å². The molecule has 0 saturated heterocycles. The largest absolute Gasteiger partial charge is 0.507 e. The van der Waals surface area contributed by atoms with Crippen LogP contribution in [0.15, 0.2) is 22.7 Å². The van der Waals surface area contributed by atoms with Gasteiger partial charge in [-0.3, -0.25) is 0 Å². The molecule has 0 radical (unpaired) electrons. The summed E-state index contributed by atoms with van der Waals surface area (Å²) >= 11 is 3.22. The molecule has 13 heavy (non-hydrogen) atoms. The number of rotatable bonds is 3. The van der Waals surface area contributed by atoms with Crippen molar-refractivity contribution >= 4 is 15.9 Å². The van der Waals surface area contributed by atoms with Crippen molar-refractivity contribution in [3.63, 3.8) is 0 Å². The zero-order valence-corrected chi connectivity index (χ0v) is 9.34. The van der Waals surface area contributed by atoms with Crippen LogP contribution in [0.3, 0.4) is 0 Å². The molecule has 2 nitrogen and oxygen atoms in total. The maximum absolute atomic E-state index is 9.36. The SMILES string of the molecule is CC(C)OCc1ccc(Br)c(O)c1. The Morgan fingerprint density at radius 3 is 2.69 bits per heavy atom. The van der Waals surface area contributed by atoms with E-state index in [4.69, 9.17) is 4.74 Å². The van der Waals surface area contributed by atoms with Crippen LogP contribution in [0.1, 0.15) is 19.4 Å². The van der Waals surface area contributed by atoms with Crippen molar-refractivity contribution < 1.29 is 9.84 Å². The number of hydrogen-bond acceptors (Lipinski definition) is 2. The van der Waals surface area contributed by atoms with E-state index in [0.717, 1.165) is 5.56 Å². The molecule has 1 N–H and O–H groups in total. The third kappa shape index (κ3) is 3.36. The molecule has 0 aliphatic rings. The first-order valence-electron chi connectivity index (χ1n) is 4.18. The van der Waals surface area contributed by atoms with Gasteiger partial charge in [-0.05, 0) is 47.5 Å². The van der Waals surface area contributed by atoms with E-state index >= 15 is 0 Å². The summed E-state index contributed by atoms with van der Waals surface area (Å²) in [5, 5.41) is 9.36. The van der Waals surface area contributed by atoms with Crippen molar-refractivity contribution in [2.24, 2.45) is 0 Å². The molecule has 3 heteroatoms. The van der Waals surface area contributed by atoms with E-state index in [0.29, 0.717) is 11.1 Å². The Balaban J connectivity index is 2.63. The van der Waals surface area contributed by atoms with Gasteiger partial charge in [0.25, 0.3) is 0 Å². The smallest absolute Gasteiger partial charge is 0.130 e. The Bertz CT molecular complexity index is 284. The first-order chi connectivity index (χ1) is 6.09. The minimum Gasteiger partial charge on any atom is -0.507 e. The van der Waals surface area contributed by atoms with Gasteiger partial charge in [-0.2, -0.15) is 0 Å². The summed E-state index contributed by atoms with van der Waals surface area (Å²) in [6.45, 7) is 4.51.